The first kappa shape index (κ1) is 9.79. The van der Waals surface area contributed by atoms with Gasteiger partial charge in [0.05, 0.1) is 6.10 Å². The number of hydrogen-bond acceptors (Lipinski definition) is 1. The highest BCUT2D eigenvalue weighted by molar-refractivity contribution is 6.20. The lowest BCUT2D eigenvalue weighted by atomic mass is 10.1. The number of hydrogen-bond donors (Lipinski definition) is 0. The molecule has 0 amide bonds. The van der Waals surface area contributed by atoms with Crippen LogP contribution in [0.3, 0.4) is 0 Å². The molecule has 1 saturated heterocycles. The molecule has 1 aliphatic heterocycles. The van der Waals surface area contributed by atoms with Crippen molar-refractivity contribution in [2.45, 2.75) is 56.4 Å². The van der Waals surface area contributed by atoms with E-state index < -0.39 is 0 Å². The quantitative estimate of drug-likeness (QED) is 0.622. The van der Waals surface area contributed by atoms with Crippen LogP contribution in [-0.2, 0) is 4.74 Å². The summed E-state index contributed by atoms with van der Waals surface area (Å²) in [7, 11) is 0. The summed E-state index contributed by atoms with van der Waals surface area (Å²) >= 11 is 6.22. The first-order chi connectivity index (χ1) is 6.36. The van der Waals surface area contributed by atoms with Crippen LogP contribution < -0.4 is 0 Å². The van der Waals surface area contributed by atoms with Crippen molar-refractivity contribution in [3.05, 3.63) is 0 Å². The standard InChI is InChI=1S/C11H19ClO/c12-11(9-6-7-9)5-1-3-10-4-2-8-13-10/h9-11H,1-8H2. The average Bonchev–Trinajstić information content (AvgIpc) is 2.86. The highest BCUT2D eigenvalue weighted by Crippen LogP contribution is 2.38. The van der Waals surface area contributed by atoms with Gasteiger partial charge in [-0.1, -0.05) is 0 Å². The molecule has 1 aliphatic carbocycles. The minimum atomic E-state index is 0.460. The lowest BCUT2D eigenvalue weighted by Gasteiger charge is -2.11. The Bertz CT molecular complexity index is 148. The van der Waals surface area contributed by atoms with Crippen molar-refractivity contribution in [3.63, 3.8) is 0 Å². The van der Waals surface area contributed by atoms with E-state index in [-0.39, 0.29) is 0 Å². The Morgan fingerprint density at radius 3 is 2.77 bits per heavy atom. The molecule has 13 heavy (non-hydrogen) atoms. The number of alkyl halides is 1. The van der Waals surface area contributed by atoms with E-state index in [0.29, 0.717) is 11.5 Å². The molecular formula is C11H19ClO. The Kier molecular flexibility index (Phi) is 3.51. The lowest BCUT2D eigenvalue weighted by molar-refractivity contribution is 0.102. The van der Waals surface area contributed by atoms with Crippen molar-refractivity contribution < 1.29 is 4.74 Å². The summed E-state index contributed by atoms with van der Waals surface area (Å²) in [5.41, 5.74) is 0. The van der Waals surface area contributed by atoms with Gasteiger partial charge in [-0.3, -0.25) is 0 Å². The zero-order chi connectivity index (χ0) is 9.10. The van der Waals surface area contributed by atoms with E-state index in [1.165, 1.54) is 44.9 Å². The van der Waals surface area contributed by atoms with E-state index in [9.17, 15) is 0 Å². The van der Waals surface area contributed by atoms with Crippen LogP contribution in [-0.4, -0.2) is 18.1 Å². The van der Waals surface area contributed by atoms with Crippen LogP contribution in [0.2, 0.25) is 0 Å². The average molecular weight is 203 g/mol. The lowest BCUT2D eigenvalue weighted by Crippen LogP contribution is -2.07. The fourth-order valence-corrected chi connectivity index (χ4v) is 2.51. The molecule has 0 spiro atoms. The smallest absolute Gasteiger partial charge is 0.0576 e. The zero-order valence-electron chi connectivity index (χ0n) is 8.18. The molecule has 1 nitrogen and oxygen atoms in total. The minimum absolute atomic E-state index is 0.460. The van der Waals surface area contributed by atoms with Crippen molar-refractivity contribution >= 4 is 11.6 Å². The molecule has 0 aromatic heterocycles. The van der Waals surface area contributed by atoms with Crippen LogP contribution >= 0.6 is 11.6 Å². The molecule has 1 saturated carbocycles. The predicted molar refractivity (Wildman–Crippen MR) is 55.2 cm³/mol. The maximum Gasteiger partial charge on any atom is 0.0576 e. The summed E-state index contributed by atoms with van der Waals surface area (Å²) < 4.78 is 5.57. The van der Waals surface area contributed by atoms with E-state index >= 15 is 0 Å². The second-order valence-corrected chi connectivity index (χ2v) is 4.98. The Morgan fingerprint density at radius 2 is 2.15 bits per heavy atom. The van der Waals surface area contributed by atoms with Crippen LogP contribution in [0.25, 0.3) is 0 Å². The molecule has 1 heterocycles. The fraction of sp³-hybridized carbons (Fsp3) is 1.00. The molecule has 2 heteroatoms. The molecule has 76 valence electrons. The van der Waals surface area contributed by atoms with Crippen LogP contribution in [0.5, 0.6) is 0 Å². The van der Waals surface area contributed by atoms with Gasteiger partial charge in [-0.2, -0.15) is 0 Å². The molecule has 0 aromatic carbocycles. The van der Waals surface area contributed by atoms with E-state index in [2.05, 4.69) is 0 Å². The molecule has 0 bridgehead atoms. The maximum absolute atomic E-state index is 6.22. The summed E-state index contributed by atoms with van der Waals surface area (Å²) in [5, 5.41) is 0.460. The molecule has 0 N–H and O–H groups in total. The normalized spacial score (nSPS) is 30.7. The monoisotopic (exact) mass is 202 g/mol. The van der Waals surface area contributed by atoms with Crippen LogP contribution in [0, 0.1) is 5.92 Å². The van der Waals surface area contributed by atoms with Gasteiger partial charge >= 0.3 is 0 Å². The maximum atomic E-state index is 6.22. The van der Waals surface area contributed by atoms with Crippen molar-refractivity contribution in [1.82, 2.24) is 0 Å². The second-order valence-electron chi connectivity index (χ2n) is 4.42. The Morgan fingerprint density at radius 1 is 1.31 bits per heavy atom. The van der Waals surface area contributed by atoms with Gasteiger partial charge in [-0.15, -0.1) is 11.6 Å². The molecule has 2 fully saturated rings. The number of ether oxygens (including phenoxy) is 1. The van der Waals surface area contributed by atoms with E-state index in [4.69, 9.17) is 16.3 Å². The van der Waals surface area contributed by atoms with E-state index in [1.54, 1.807) is 0 Å². The Balaban J connectivity index is 1.52. The van der Waals surface area contributed by atoms with Gasteiger partial charge < -0.3 is 4.74 Å². The van der Waals surface area contributed by atoms with Gasteiger partial charge in [0, 0.05) is 12.0 Å². The molecule has 0 aromatic rings. The number of halogens is 1. The second kappa shape index (κ2) is 4.65. The highest BCUT2D eigenvalue weighted by atomic mass is 35.5. The molecular weight excluding hydrogens is 184 g/mol. The molecule has 2 unspecified atom stereocenters. The summed E-state index contributed by atoms with van der Waals surface area (Å²) in [6, 6.07) is 0. The van der Waals surface area contributed by atoms with Gasteiger partial charge in [-0.25, -0.2) is 0 Å². The third-order valence-corrected chi connectivity index (χ3v) is 3.74. The van der Waals surface area contributed by atoms with Crippen LogP contribution in [0.4, 0.5) is 0 Å². The molecule has 2 atom stereocenters. The summed E-state index contributed by atoms with van der Waals surface area (Å²) in [4.78, 5) is 0. The van der Waals surface area contributed by atoms with Gasteiger partial charge in [0.1, 0.15) is 0 Å². The Labute approximate surface area is 85.8 Å². The summed E-state index contributed by atoms with van der Waals surface area (Å²) in [6.45, 7) is 0.984. The first-order valence-electron chi connectivity index (χ1n) is 5.62. The van der Waals surface area contributed by atoms with Crippen LogP contribution in [0.1, 0.15) is 44.9 Å². The van der Waals surface area contributed by atoms with Crippen LogP contribution in [0.15, 0.2) is 0 Å². The minimum Gasteiger partial charge on any atom is -0.378 e. The van der Waals surface area contributed by atoms with Gasteiger partial charge in [-0.05, 0) is 50.9 Å². The van der Waals surface area contributed by atoms with Gasteiger partial charge in [0.2, 0.25) is 0 Å². The third kappa shape index (κ3) is 3.14. The number of rotatable bonds is 5. The van der Waals surface area contributed by atoms with Crippen molar-refractivity contribution in [2.75, 3.05) is 6.61 Å². The summed E-state index contributed by atoms with van der Waals surface area (Å²) in [6.07, 6.45) is 9.52. The summed E-state index contributed by atoms with van der Waals surface area (Å²) in [5.74, 6) is 0.853. The third-order valence-electron chi connectivity index (χ3n) is 3.16. The largest absolute Gasteiger partial charge is 0.378 e. The van der Waals surface area contributed by atoms with E-state index in [0.717, 1.165) is 12.5 Å². The Hall–Kier alpha value is 0.250. The van der Waals surface area contributed by atoms with Crippen molar-refractivity contribution in [3.8, 4) is 0 Å². The first-order valence-corrected chi connectivity index (χ1v) is 6.05. The molecule has 2 aliphatic rings. The van der Waals surface area contributed by atoms with Gasteiger partial charge in [0.25, 0.3) is 0 Å². The molecule has 0 radical (unpaired) electrons. The van der Waals surface area contributed by atoms with Crippen molar-refractivity contribution in [1.29, 1.82) is 0 Å². The SMILES string of the molecule is ClC(CCCC1CCCO1)C1CC1. The van der Waals surface area contributed by atoms with Crippen molar-refractivity contribution in [2.24, 2.45) is 5.92 Å². The highest BCUT2D eigenvalue weighted by Gasteiger charge is 2.29. The van der Waals surface area contributed by atoms with E-state index in [1.807, 2.05) is 0 Å². The topological polar surface area (TPSA) is 9.23 Å². The zero-order valence-corrected chi connectivity index (χ0v) is 8.93. The van der Waals surface area contributed by atoms with Gasteiger partial charge in [0.15, 0.2) is 0 Å². The predicted octanol–water partition coefficient (Wildman–Crippen LogP) is 3.35. The molecule has 2 rings (SSSR count). The fourth-order valence-electron chi connectivity index (χ4n) is 2.11.